The summed E-state index contributed by atoms with van der Waals surface area (Å²) < 4.78 is 68.5. The van der Waals surface area contributed by atoms with Crippen LogP contribution in [0.3, 0.4) is 0 Å². The van der Waals surface area contributed by atoms with Gasteiger partial charge < -0.3 is 33.8 Å². The molecule has 5 atom stereocenters. The molecule has 0 heterocycles. The molecule has 0 radical (unpaired) electrons. The summed E-state index contributed by atoms with van der Waals surface area (Å²) in [6.07, 6.45) is 52.8. The molecule has 0 saturated carbocycles. The number of hydrogen-bond donors (Lipinski definition) is 3. The second-order valence-electron chi connectivity index (χ2n) is 28.8. The van der Waals surface area contributed by atoms with Crippen molar-refractivity contribution >= 4 is 39.5 Å². The fraction of sp³-hybridized carbons (Fsp3) is 0.947. The van der Waals surface area contributed by atoms with E-state index in [1.807, 2.05) is 0 Å². The van der Waals surface area contributed by atoms with Crippen LogP contribution in [0.25, 0.3) is 0 Å². The molecule has 0 aromatic carbocycles. The first-order chi connectivity index (χ1) is 45.7. The van der Waals surface area contributed by atoms with Gasteiger partial charge in [0, 0.05) is 25.7 Å². The first-order valence-corrected chi connectivity index (χ1v) is 42.3. The molecule has 0 rings (SSSR count). The molecule has 564 valence electrons. The molecule has 17 nitrogen and oxygen atoms in total. The number of rotatable bonds is 74. The molecular formula is C76H148O17P2. The Morgan fingerprint density at radius 1 is 0.284 bits per heavy atom. The lowest BCUT2D eigenvalue weighted by Gasteiger charge is -2.21. The number of esters is 4. The van der Waals surface area contributed by atoms with Gasteiger partial charge in [0.05, 0.1) is 26.4 Å². The maximum atomic E-state index is 13.1. The van der Waals surface area contributed by atoms with Gasteiger partial charge in [0.1, 0.15) is 19.3 Å². The summed E-state index contributed by atoms with van der Waals surface area (Å²) in [5.74, 6) is 0.117. The summed E-state index contributed by atoms with van der Waals surface area (Å²) in [4.78, 5) is 72.8. The van der Waals surface area contributed by atoms with E-state index in [0.29, 0.717) is 25.7 Å². The molecular weight excluding hydrogens is 1250 g/mol. The zero-order valence-corrected chi connectivity index (χ0v) is 63.9. The Labute approximate surface area is 581 Å². The zero-order chi connectivity index (χ0) is 70.1. The molecule has 95 heavy (non-hydrogen) atoms. The Hall–Kier alpha value is -1.94. The van der Waals surface area contributed by atoms with Gasteiger partial charge in [0.15, 0.2) is 12.2 Å². The smallest absolute Gasteiger partial charge is 0.462 e. The zero-order valence-electron chi connectivity index (χ0n) is 62.1. The van der Waals surface area contributed by atoms with Crippen LogP contribution in [0.15, 0.2) is 0 Å². The minimum absolute atomic E-state index is 0.104. The van der Waals surface area contributed by atoms with E-state index in [-0.39, 0.29) is 25.7 Å². The highest BCUT2D eigenvalue weighted by Crippen LogP contribution is 2.45. The van der Waals surface area contributed by atoms with Crippen molar-refractivity contribution in [2.24, 2.45) is 17.8 Å². The lowest BCUT2D eigenvalue weighted by Crippen LogP contribution is -2.30. The number of carbonyl (C=O) groups excluding carboxylic acids is 4. The van der Waals surface area contributed by atoms with Crippen molar-refractivity contribution in [3.05, 3.63) is 0 Å². The molecule has 0 fully saturated rings. The van der Waals surface area contributed by atoms with Gasteiger partial charge in [-0.15, -0.1) is 0 Å². The van der Waals surface area contributed by atoms with E-state index >= 15 is 0 Å². The van der Waals surface area contributed by atoms with Crippen LogP contribution in [-0.4, -0.2) is 96.7 Å². The number of aliphatic hydroxyl groups is 1. The van der Waals surface area contributed by atoms with Gasteiger partial charge in [0.25, 0.3) is 0 Å². The second-order valence-corrected chi connectivity index (χ2v) is 31.7. The number of ether oxygens (including phenoxy) is 4. The fourth-order valence-corrected chi connectivity index (χ4v) is 13.2. The van der Waals surface area contributed by atoms with Crippen molar-refractivity contribution in [2.75, 3.05) is 39.6 Å². The summed E-state index contributed by atoms with van der Waals surface area (Å²) in [6.45, 7) is 11.8. The number of hydrogen-bond acceptors (Lipinski definition) is 15. The standard InChI is InChI=1S/C76H148O17P2/c1-8-9-10-11-12-13-14-15-16-17-18-21-25-28-38-45-52-59-75(80)92-71(63-86-73(78)57-50-43-36-27-24-22-19-20-23-26-33-40-47-54-67(2)3)65-90-94(82,83)88-61-70(77)62-89-95(84,85)91-66-72(93-76(81)60-53-46-39-32-30-35-42-49-56-69(6)7)64-87-74(79)58-51-44-37-31-29-34-41-48-55-68(4)5/h67-72,77H,8-66H2,1-7H3,(H,82,83)(H,84,85)/t70-,71-,72-/m1/s1. The van der Waals surface area contributed by atoms with E-state index in [1.165, 1.54) is 199 Å². The lowest BCUT2D eigenvalue weighted by atomic mass is 10.0. The van der Waals surface area contributed by atoms with E-state index in [9.17, 15) is 43.2 Å². The van der Waals surface area contributed by atoms with Crippen LogP contribution in [-0.2, 0) is 65.4 Å². The van der Waals surface area contributed by atoms with Gasteiger partial charge in [0.2, 0.25) is 0 Å². The van der Waals surface area contributed by atoms with Gasteiger partial charge in [-0.1, -0.05) is 337 Å². The van der Waals surface area contributed by atoms with E-state index in [2.05, 4.69) is 48.5 Å². The fourth-order valence-electron chi connectivity index (χ4n) is 11.6. The molecule has 0 aliphatic rings. The molecule has 0 aliphatic heterocycles. The molecule has 19 heteroatoms. The summed E-state index contributed by atoms with van der Waals surface area (Å²) in [5, 5.41) is 10.6. The first kappa shape index (κ1) is 93.1. The summed E-state index contributed by atoms with van der Waals surface area (Å²) >= 11 is 0. The van der Waals surface area contributed by atoms with Crippen LogP contribution in [0.4, 0.5) is 0 Å². The highest BCUT2D eigenvalue weighted by Gasteiger charge is 2.30. The molecule has 0 amide bonds. The van der Waals surface area contributed by atoms with Gasteiger partial charge in [-0.2, -0.15) is 0 Å². The number of aliphatic hydroxyl groups excluding tert-OH is 1. The predicted molar refractivity (Wildman–Crippen MR) is 386 cm³/mol. The highest BCUT2D eigenvalue weighted by molar-refractivity contribution is 7.47. The Morgan fingerprint density at radius 2 is 0.484 bits per heavy atom. The Kier molecular flexibility index (Phi) is 65.2. The number of carbonyl (C=O) groups is 4. The lowest BCUT2D eigenvalue weighted by molar-refractivity contribution is -0.161. The van der Waals surface area contributed by atoms with Gasteiger partial charge in [-0.3, -0.25) is 37.3 Å². The molecule has 0 aliphatic carbocycles. The van der Waals surface area contributed by atoms with Crippen LogP contribution in [0.1, 0.15) is 389 Å². The maximum absolute atomic E-state index is 13.1. The Balaban J connectivity index is 5.24. The normalized spacial score (nSPS) is 14.1. The van der Waals surface area contributed by atoms with Gasteiger partial charge >= 0.3 is 39.5 Å². The summed E-state index contributed by atoms with van der Waals surface area (Å²) in [6, 6.07) is 0. The largest absolute Gasteiger partial charge is 0.472 e. The maximum Gasteiger partial charge on any atom is 0.472 e. The first-order valence-electron chi connectivity index (χ1n) is 39.3. The molecule has 0 spiro atoms. The number of phosphoric acid groups is 2. The quantitative estimate of drug-likeness (QED) is 0.0222. The van der Waals surface area contributed by atoms with Crippen molar-refractivity contribution in [2.45, 2.75) is 407 Å². The SMILES string of the molecule is CCCCCCCCCCCCCCCCCCCC(=O)O[C@H](COC(=O)CCCCCCCCCCCCCCCC(C)C)COP(=O)(O)OC[C@@H](O)COP(=O)(O)OC[C@@H](COC(=O)CCCCCCCCCCC(C)C)OC(=O)CCCCCCCCCCC(C)C. The van der Waals surface area contributed by atoms with Gasteiger partial charge in [-0.25, -0.2) is 9.13 Å². The van der Waals surface area contributed by atoms with Gasteiger partial charge in [-0.05, 0) is 43.4 Å². The predicted octanol–water partition coefficient (Wildman–Crippen LogP) is 22.2. The number of phosphoric ester groups is 2. The third-order valence-corrected chi connectivity index (χ3v) is 19.5. The third-order valence-electron chi connectivity index (χ3n) is 17.6. The van der Waals surface area contributed by atoms with Crippen LogP contribution in [0.5, 0.6) is 0 Å². The van der Waals surface area contributed by atoms with Crippen LogP contribution in [0, 0.1) is 17.8 Å². The molecule has 0 aromatic rings. The Morgan fingerprint density at radius 3 is 0.716 bits per heavy atom. The number of unbranched alkanes of at least 4 members (excludes halogenated alkanes) is 42. The van der Waals surface area contributed by atoms with E-state index in [0.717, 1.165) is 108 Å². The van der Waals surface area contributed by atoms with E-state index in [1.54, 1.807) is 0 Å². The Bertz CT molecular complexity index is 1850. The van der Waals surface area contributed by atoms with Crippen LogP contribution >= 0.6 is 15.6 Å². The van der Waals surface area contributed by atoms with Crippen molar-refractivity contribution in [3.8, 4) is 0 Å². The van der Waals surface area contributed by atoms with Crippen molar-refractivity contribution < 1.29 is 80.2 Å². The molecule has 0 bridgehead atoms. The minimum atomic E-state index is -4.96. The average Bonchev–Trinajstić information content (AvgIpc) is 2.46. The molecule has 2 unspecified atom stereocenters. The van der Waals surface area contributed by atoms with Crippen LogP contribution < -0.4 is 0 Å². The molecule has 0 saturated heterocycles. The second kappa shape index (κ2) is 66.6. The van der Waals surface area contributed by atoms with Crippen LogP contribution in [0.2, 0.25) is 0 Å². The summed E-state index contributed by atoms with van der Waals surface area (Å²) in [5.41, 5.74) is 0. The van der Waals surface area contributed by atoms with E-state index < -0.39 is 97.5 Å². The van der Waals surface area contributed by atoms with Crippen molar-refractivity contribution in [3.63, 3.8) is 0 Å². The van der Waals surface area contributed by atoms with Crippen molar-refractivity contribution in [1.29, 1.82) is 0 Å². The average molecular weight is 1400 g/mol. The summed E-state index contributed by atoms with van der Waals surface area (Å²) in [7, 11) is -9.91. The third kappa shape index (κ3) is 70.3. The monoisotopic (exact) mass is 1400 g/mol. The minimum Gasteiger partial charge on any atom is -0.462 e. The molecule has 3 N–H and O–H groups in total. The van der Waals surface area contributed by atoms with Crippen molar-refractivity contribution in [1.82, 2.24) is 0 Å². The highest BCUT2D eigenvalue weighted by atomic mass is 31.2. The molecule has 0 aromatic heterocycles. The topological polar surface area (TPSA) is 237 Å². The van der Waals surface area contributed by atoms with E-state index in [4.69, 9.17) is 37.0 Å².